The molecule has 1 saturated heterocycles. The maximum atomic E-state index is 12.1. The van der Waals surface area contributed by atoms with Gasteiger partial charge >= 0.3 is 0 Å². The minimum atomic E-state index is -0.373. The third kappa shape index (κ3) is 2.82. The zero-order valence-corrected chi connectivity index (χ0v) is 11.2. The summed E-state index contributed by atoms with van der Waals surface area (Å²) in [7, 11) is 0. The lowest BCUT2D eigenvalue weighted by Gasteiger charge is -2.14. The number of carbonyl (C=O) groups excluding carboxylic acids is 2. The average molecular weight is 274 g/mol. The van der Waals surface area contributed by atoms with Crippen LogP contribution in [0.2, 0.25) is 0 Å². The molecule has 0 radical (unpaired) electrons. The Morgan fingerprint density at radius 1 is 1.20 bits per heavy atom. The third-order valence-electron chi connectivity index (χ3n) is 3.60. The van der Waals surface area contributed by atoms with Crippen molar-refractivity contribution < 1.29 is 14.3 Å². The zero-order chi connectivity index (χ0) is 13.9. The SMILES string of the molecule is O=C1CC(NCCOc2ccccc2)C(=O)N1C1CC1. The van der Waals surface area contributed by atoms with Crippen molar-refractivity contribution in [1.82, 2.24) is 10.2 Å². The number of rotatable bonds is 6. The Labute approximate surface area is 117 Å². The van der Waals surface area contributed by atoms with Crippen molar-refractivity contribution in [3.8, 4) is 5.75 Å². The van der Waals surface area contributed by atoms with Crippen molar-refractivity contribution >= 4 is 11.8 Å². The van der Waals surface area contributed by atoms with Gasteiger partial charge in [0.25, 0.3) is 0 Å². The van der Waals surface area contributed by atoms with Crippen molar-refractivity contribution in [3.63, 3.8) is 0 Å². The van der Waals surface area contributed by atoms with Gasteiger partial charge in [0.05, 0.1) is 12.5 Å². The first-order valence-corrected chi connectivity index (χ1v) is 7.03. The Morgan fingerprint density at radius 2 is 1.95 bits per heavy atom. The number of benzene rings is 1. The van der Waals surface area contributed by atoms with E-state index >= 15 is 0 Å². The van der Waals surface area contributed by atoms with E-state index in [2.05, 4.69) is 5.32 Å². The Bertz CT molecular complexity index is 499. The molecule has 0 spiro atoms. The minimum absolute atomic E-state index is 0.0426. The highest BCUT2D eigenvalue weighted by Gasteiger charge is 2.45. The quantitative estimate of drug-likeness (QED) is 0.619. The van der Waals surface area contributed by atoms with Crippen LogP contribution >= 0.6 is 0 Å². The predicted molar refractivity (Wildman–Crippen MR) is 73.2 cm³/mol. The summed E-state index contributed by atoms with van der Waals surface area (Å²) >= 11 is 0. The third-order valence-corrected chi connectivity index (χ3v) is 3.60. The zero-order valence-electron chi connectivity index (χ0n) is 11.2. The van der Waals surface area contributed by atoms with Crippen LogP contribution in [0.5, 0.6) is 5.75 Å². The maximum absolute atomic E-state index is 12.1. The summed E-state index contributed by atoms with van der Waals surface area (Å²) in [6.45, 7) is 1.03. The Balaban J connectivity index is 1.43. The van der Waals surface area contributed by atoms with Crippen molar-refractivity contribution in [1.29, 1.82) is 0 Å². The van der Waals surface area contributed by atoms with Gasteiger partial charge in [0, 0.05) is 12.6 Å². The molecule has 0 aromatic heterocycles. The fourth-order valence-electron chi connectivity index (χ4n) is 2.45. The van der Waals surface area contributed by atoms with Crippen LogP contribution in [0.1, 0.15) is 19.3 Å². The van der Waals surface area contributed by atoms with Gasteiger partial charge in [0.15, 0.2) is 0 Å². The van der Waals surface area contributed by atoms with Gasteiger partial charge in [0.1, 0.15) is 12.4 Å². The van der Waals surface area contributed by atoms with E-state index in [9.17, 15) is 9.59 Å². The van der Waals surface area contributed by atoms with E-state index in [1.165, 1.54) is 4.90 Å². The molecule has 3 rings (SSSR count). The van der Waals surface area contributed by atoms with E-state index in [0.717, 1.165) is 18.6 Å². The van der Waals surface area contributed by atoms with Crippen LogP contribution in [-0.4, -0.2) is 41.9 Å². The molecule has 2 aliphatic rings. The molecule has 5 nitrogen and oxygen atoms in total. The van der Waals surface area contributed by atoms with Gasteiger partial charge in [-0.1, -0.05) is 18.2 Å². The topological polar surface area (TPSA) is 58.6 Å². The second-order valence-corrected chi connectivity index (χ2v) is 5.21. The molecular weight excluding hydrogens is 256 g/mol. The molecule has 1 aliphatic heterocycles. The van der Waals surface area contributed by atoms with Crippen LogP contribution < -0.4 is 10.1 Å². The van der Waals surface area contributed by atoms with Crippen molar-refractivity contribution in [2.75, 3.05) is 13.2 Å². The summed E-state index contributed by atoms with van der Waals surface area (Å²) in [5.41, 5.74) is 0. The van der Waals surface area contributed by atoms with Gasteiger partial charge in [-0.3, -0.25) is 14.5 Å². The summed E-state index contributed by atoms with van der Waals surface area (Å²) in [6.07, 6.45) is 2.20. The second kappa shape index (κ2) is 5.63. The lowest BCUT2D eigenvalue weighted by molar-refractivity contribution is -0.139. The number of amides is 2. The van der Waals surface area contributed by atoms with Crippen LogP contribution in [0, 0.1) is 0 Å². The van der Waals surface area contributed by atoms with Gasteiger partial charge in [-0.25, -0.2) is 0 Å². The summed E-state index contributed by atoms with van der Waals surface area (Å²) in [5.74, 6) is 0.693. The van der Waals surface area contributed by atoms with E-state index in [4.69, 9.17) is 4.74 Å². The number of carbonyl (C=O) groups is 2. The molecule has 1 unspecified atom stereocenters. The molecule has 2 amide bonds. The molecule has 1 saturated carbocycles. The van der Waals surface area contributed by atoms with Crippen LogP contribution in [0.25, 0.3) is 0 Å². The standard InChI is InChI=1S/C15H18N2O3/c18-14-10-13(15(19)17(14)11-6-7-11)16-8-9-20-12-4-2-1-3-5-12/h1-5,11,13,16H,6-10H2. The number of nitrogens with one attached hydrogen (secondary N) is 1. The number of imide groups is 1. The lowest BCUT2D eigenvalue weighted by atomic mass is 10.2. The summed E-state index contributed by atoms with van der Waals surface area (Å²) < 4.78 is 5.54. The molecule has 2 fully saturated rings. The molecule has 0 bridgehead atoms. The van der Waals surface area contributed by atoms with Gasteiger partial charge < -0.3 is 10.1 Å². The summed E-state index contributed by atoms with van der Waals surface area (Å²) in [6, 6.07) is 9.33. The van der Waals surface area contributed by atoms with Crippen LogP contribution in [0.4, 0.5) is 0 Å². The van der Waals surface area contributed by atoms with Gasteiger partial charge in [-0.15, -0.1) is 0 Å². The highest BCUT2D eigenvalue weighted by Crippen LogP contribution is 2.31. The Morgan fingerprint density at radius 3 is 2.65 bits per heavy atom. The fraction of sp³-hybridized carbons (Fsp3) is 0.467. The molecule has 1 N–H and O–H groups in total. The first-order chi connectivity index (χ1) is 9.75. The highest BCUT2D eigenvalue weighted by atomic mass is 16.5. The van der Waals surface area contributed by atoms with E-state index in [-0.39, 0.29) is 30.3 Å². The second-order valence-electron chi connectivity index (χ2n) is 5.21. The monoisotopic (exact) mass is 274 g/mol. The summed E-state index contributed by atoms with van der Waals surface area (Å²) in [4.78, 5) is 25.3. The minimum Gasteiger partial charge on any atom is -0.492 e. The van der Waals surface area contributed by atoms with E-state index < -0.39 is 0 Å². The van der Waals surface area contributed by atoms with Crippen molar-refractivity contribution in [3.05, 3.63) is 30.3 Å². The number of hydrogen-bond acceptors (Lipinski definition) is 4. The highest BCUT2D eigenvalue weighted by molar-refractivity contribution is 6.06. The fourth-order valence-corrected chi connectivity index (χ4v) is 2.45. The predicted octanol–water partition coefficient (Wildman–Crippen LogP) is 0.945. The molecule has 1 aromatic rings. The number of para-hydroxylation sites is 1. The molecule has 1 atom stereocenters. The molecule has 1 aromatic carbocycles. The largest absolute Gasteiger partial charge is 0.492 e. The van der Waals surface area contributed by atoms with Gasteiger partial charge in [-0.2, -0.15) is 0 Å². The number of likely N-dealkylation sites (tertiary alicyclic amines) is 1. The molecule has 106 valence electrons. The molecular formula is C15H18N2O3. The van der Waals surface area contributed by atoms with E-state index in [1.54, 1.807) is 0 Å². The summed E-state index contributed by atoms with van der Waals surface area (Å²) in [5, 5.41) is 3.11. The molecule has 20 heavy (non-hydrogen) atoms. The van der Waals surface area contributed by atoms with E-state index in [0.29, 0.717) is 13.2 Å². The van der Waals surface area contributed by atoms with Crippen LogP contribution in [0.15, 0.2) is 30.3 Å². The van der Waals surface area contributed by atoms with E-state index in [1.807, 2.05) is 30.3 Å². The van der Waals surface area contributed by atoms with Crippen molar-refractivity contribution in [2.45, 2.75) is 31.3 Å². The van der Waals surface area contributed by atoms with Crippen LogP contribution in [0.3, 0.4) is 0 Å². The number of nitrogens with zero attached hydrogens (tertiary/aromatic N) is 1. The maximum Gasteiger partial charge on any atom is 0.247 e. The smallest absolute Gasteiger partial charge is 0.247 e. The molecule has 1 heterocycles. The average Bonchev–Trinajstić information content (AvgIpc) is 3.24. The Hall–Kier alpha value is -1.88. The first-order valence-electron chi connectivity index (χ1n) is 7.03. The molecule has 5 heteroatoms. The number of hydrogen-bond donors (Lipinski definition) is 1. The number of ether oxygens (including phenoxy) is 1. The van der Waals surface area contributed by atoms with Crippen molar-refractivity contribution in [2.24, 2.45) is 0 Å². The van der Waals surface area contributed by atoms with Crippen LogP contribution in [-0.2, 0) is 9.59 Å². The lowest BCUT2D eigenvalue weighted by Crippen LogP contribution is -2.41. The molecule has 1 aliphatic carbocycles. The normalized spacial score (nSPS) is 22.4. The Kier molecular flexibility index (Phi) is 3.69. The first kappa shape index (κ1) is 13.1. The van der Waals surface area contributed by atoms with Gasteiger partial charge in [-0.05, 0) is 25.0 Å². The van der Waals surface area contributed by atoms with Gasteiger partial charge in [0.2, 0.25) is 11.8 Å².